The van der Waals surface area contributed by atoms with Crippen LogP contribution in [-0.2, 0) is 42.6 Å². The van der Waals surface area contributed by atoms with Crippen LogP contribution in [-0.4, -0.2) is 226 Å². The van der Waals surface area contributed by atoms with Crippen molar-refractivity contribution in [3.8, 4) is 0 Å². The zero-order valence-electron chi connectivity index (χ0n) is 48.2. The van der Waals surface area contributed by atoms with Gasteiger partial charge in [-0.05, 0) is 85.0 Å². The van der Waals surface area contributed by atoms with Gasteiger partial charge in [0, 0.05) is 107 Å². The smallest absolute Gasteiger partial charge is 0.379 e. The third kappa shape index (κ3) is 36.1. The lowest BCUT2D eigenvalue weighted by molar-refractivity contribution is -0.333. The number of piperidine rings is 2. The molecule has 0 bridgehead atoms. The van der Waals surface area contributed by atoms with Crippen molar-refractivity contribution in [1.29, 1.82) is 0 Å². The van der Waals surface area contributed by atoms with Crippen molar-refractivity contribution in [2.45, 2.75) is 148 Å². The van der Waals surface area contributed by atoms with Crippen LogP contribution in [0, 0.1) is 5.92 Å². The number of hydrogen-bond acceptors (Lipinski definition) is 15. The van der Waals surface area contributed by atoms with E-state index in [9.17, 15) is 61.5 Å². The Morgan fingerprint density at radius 2 is 0.506 bits per heavy atom. The van der Waals surface area contributed by atoms with E-state index in [0.29, 0.717) is 91.6 Å². The van der Waals surface area contributed by atoms with Gasteiger partial charge in [0.2, 0.25) is 0 Å². The number of morpholine rings is 2. The molecule has 0 atom stereocenters. The van der Waals surface area contributed by atoms with E-state index >= 15 is 0 Å². The Hall–Kier alpha value is -2.07. The molecule has 1 saturated carbocycles. The molecule has 7 rings (SSSR count). The molecular formula is C47H93F21N6O9. The van der Waals surface area contributed by atoms with E-state index in [4.69, 9.17) is 9.47 Å². The van der Waals surface area contributed by atoms with Gasteiger partial charge in [-0.25, -0.2) is 29.4 Å². The fourth-order valence-electron chi connectivity index (χ4n) is 8.00. The summed E-state index contributed by atoms with van der Waals surface area (Å²) in [5.74, 6) is -0.512. The summed E-state index contributed by atoms with van der Waals surface area (Å²) in [4.78, 5) is 6.26. The van der Waals surface area contributed by atoms with Gasteiger partial charge in [-0.1, -0.05) is 19.3 Å². The third-order valence-corrected chi connectivity index (χ3v) is 12.7. The highest BCUT2D eigenvalue weighted by atomic mass is 19.3. The molecule has 36 heteroatoms. The summed E-state index contributed by atoms with van der Waals surface area (Å²) in [5.41, 5.74) is 0. The van der Waals surface area contributed by atoms with Crippen LogP contribution < -0.4 is 0 Å². The van der Waals surface area contributed by atoms with Crippen molar-refractivity contribution >= 4 is 0 Å². The lowest BCUT2D eigenvalue weighted by Crippen LogP contribution is -2.49. The van der Waals surface area contributed by atoms with Crippen LogP contribution in [0.3, 0.4) is 0 Å². The number of alkyl halides is 14. The van der Waals surface area contributed by atoms with Gasteiger partial charge >= 0.3 is 43.5 Å². The zero-order valence-corrected chi connectivity index (χ0v) is 48.2. The quantitative estimate of drug-likeness (QED) is 0.102. The minimum atomic E-state index is -3.14. The number of methoxy groups -OCH3 is 4. The molecule has 0 spiro atoms. The average Bonchev–Trinajstić information content (AvgIpc) is 4.16. The summed E-state index contributed by atoms with van der Waals surface area (Å²) in [6.07, 6.45) is -10.3. The summed E-state index contributed by atoms with van der Waals surface area (Å²) in [6, 6.07) is 0. The fourth-order valence-corrected chi connectivity index (χ4v) is 8.00. The van der Waals surface area contributed by atoms with E-state index in [-0.39, 0.29) is 78.9 Å². The zero-order chi connectivity index (χ0) is 57.5. The summed E-state index contributed by atoms with van der Waals surface area (Å²) in [6.45, 7) is 10.7. The highest BCUT2D eigenvalue weighted by Crippen LogP contribution is 2.40. The second-order valence-electron chi connectivity index (χ2n) is 17.9. The monoisotopic (exact) mass is 1280 g/mol. The Bertz CT molecular complexity index is 1400. The second-order valence-corrected chi connectivity index (χ2v) is 17.9. The number of rotatable bonds is 17. The number of halogens is 21. The van der Waals surface area contributed by atoms with E-state index < -0.39 is 49.4 Å². The molecule has 0 radical (unpaired) electrons. The number of nitrogens with zero attached hydrogens (tertiary/aromatic N) is 6. The largest absolute Gasteiger partial charge is 0.424 e. The Labute approximate surface area is 473 Å². The van der Waals surface area contributed by atoms with E-state index in [1.807, 2.05) is 0 Å². The van der Waals surface area contributed by atoms with Crippen molar-refractivity contribution in [3.05, 3.63) is 0 Å². The average molecular weight is 1290 g/mol. The lowest BCUT2D eigenvalue weighted by atomic mass is 9.84. The molecule has 6 saturated heterocycles. The van der Waals surface area contributed by atoms with Gasteiger partial charge < -0.3 is 42.6 Å². The molecular weight excluding hydrogens is 1190 g/mol. The maximum Gasteiger partial charge on any atom is 0.424 e. The first-order chi connectivity index (χ1) is 35.7. The first kappa shape index (κ1) is 94.6. The van der Waals surface area contributed by atoms with Crippen molar-refractivity contribution in [1.82, 2.24) is 29.4 Å². The maximum atomic E-state index is 13.0. The van der Waals surface area contributed by atoms with Crippen LogP contribution in [0.1, 0.15) is 104 Å². The number of likely N-dealkylation sites (tertiary alicyclic amines) is 4. The fraction of sp³-hybridized carbons (Fsp3) is 1.00. The molecule has 7 fully saturated rings. The minimum absolute atomic E-state index is 0. The first-order valence-corrected chi connectivity index (χ1v) is 26.1. The predicted molar refractivity (Wildman–Crippen MR) is 270 cm³/mol. The standard InChI is InChI=1S/C8H15F2NO.C7H13F2NO2.2C7H13F2NO.C6H11F2NO2.C6H11F2NO.C6H10F2O.7FH/c1-2-12-8(9,10)11-6-4-3-5-7-11;1-2-12-7(8,9)10-3-5-11-6-4-10;1-11-7(8,9)10-5-3-2-4-6-10;1-2-11-7(8,9)10-5-3-4-6-10;1-10-6(7,8)9-2-4-11-5-3-9;1-10-6(7,8)9-4-2-3-5-9;1-9-6(7,8)5-3-2-4-5;;;;;;;/h2-7H2,1H3;2-6H2,1H3;2*2-6H2,1H3;2-5H2,1H3;2-5H2,1H3;5H,2-4H2,1H3;7*1H. The molecule has 83 heavy (non-hydrogen) atoms. The van der Waals surface area contributed by atoms with E-state index in [2.05, 4.69) is 33.2 Å². The molecule has 1 aliphatic carbocycles. The molecule has 0 aromatic carbocycles. The third-order valence-electron chi connectivity index (χ3n) is 12.7. The molecule has 0 unspecified atom stereocenters. The molecule has 0 aromatic rings. The van der Waals surface area contributed by atoms with Crippen LogP contribution in [0.25, 0.3) is 0 Å². The molecule has 512 valence electrons. The minimum Gasteiger partial charge on any atom is -0.379 e. The highest BCUT2D eigenvalue weighted by molar-refractivity contribution is 4.77. The van der Waals surface area contributed by atoms with Crippen molar-refractivity contribution in [2.24, 2.45) is 5.92 Å². The summed E-state index contributed by atoms with van der Waals surface area (Å²) >= 11 is 0. The normalized spacial score (nSPS) is 19.8. The van der Waals surface area contributed by atoms with Crippen LogP contribution in [0.15, 0.2) is 0 Å². The van der Waals surface area contributed by atoms with Gasteiger partial charge in [0.1, 0.15) is 0 Å². The Morgan fingerprint density at radius 1 is 0.301 bits per heavy atom. The summed E-state index contributed by atoms with van der Waals surface area (Å²) in [7, 11) is 4.11. The highest BCUT2D eigenvalue weighted by Gasteiger charge is 2.44. The van der Waals surface area contributed by atoms with Crippen LogP contribution in [0.4, 0.5) is 94.4 Å². The van der Waals surface area contributed by atoms with Gasteiger partial charge in [0.05, 0.1) is 52.2 Å². The van der Waals surface area contributed by atoms with Crippen molar-refractivity contribution in [2.75, 3.05) is 153 Å². The summed E-state index contributed by atoms with van der Waals surface area (Å²) < 4.78 is 217. The Morgan fingerprint density at radius 3 is 0.687 bits per heavy atom. The molecule has 7 aliphatic rings. The molecule has 6 aliphatic heterocycles. The summed E-state index contributed by atoms with van der Waals surface area (Å²) in [5, 5.41) is 0. The molecule has 15 nitrogen and oxygen atoms in total. The predicted octanol–water partition coefficient (Wildman–Crippen LogP) is 11.2. The van der Waals surface area contributed by atoms with Gasteiger partial charge in [0.15, 0.2) is 0 Å². The van der Waals surface area contributed by atoms with Gasteiger partial charge in [0.25, 0.3) is 0 Å². The first-order valence-electron chi connectivity index (χ1n) is 26.1. The van der Waals surface area contributed by atoms with E-state index in [1.165, 1.54) is 0 Å². The van der Waals surface area contributed by atoms with Crippen molar-refractivity contribution in [3.63, 3.8) is 0 Å². The second kappa shape index (κ2) is 47.9. The Balaban J connectivity index is -0.000000160. The number of hydrogen-bond donors (Lipinski definition) is 0. The van der Waals surface area contributed by atoms with Gasteiger partial charge in [-0.3, -0.25) is 32.9 Å². The molecule has 0 aromatic heterocycles. The van der Waals surface area contributed by atoms with Crippen LogP contribution in [0.2, 0.25) is 0 Å². The van der Waals surface area contributed by atoms with Gasteiger partial charge in [-0.2, -0.15) is 61.5 Å². The number of ether oxygens (including phenoxy) is 9. The molecule has 6 heterocycles. The van der Waals surface area contributed by atoms with Crippen LogP contribution in [0.5, 0.6) is 0 Å². The molecule has 0 N–H and O–H groups in total. The Kier molecular flexibility index (Phi) is 54.6. The van der Waals surface area contributed by atoms with Gasteiger partial charge in [-0.15, -0.1) is 0 Å². The van der Waals surface area contributed by atoms with E-state index in [0.717, 1.165) is 128 Å². The maximum absolute atomic E-state index is 13.0. The van der Waals surface area contributed by atoms with Crippen LogP contribution >= 0.6 is 0 Å². The topological polar surface area (TPSA) is 103 Å². The van der Waals surface area contributed by atoms with E-state index in [1.54, 1.807) is 20.8 Å². The SMILES string of the molecule is CCOC(F)(F)N1CCCC1.CCOC(F)(F)N1CCCCC1.CCOC(F)(F)N1CCOCC1.COC(F)(F)C1CCC1.COC(F)(F)N1CCCC1.COC(F)(F)N1CCCCC1.COC(F)(F)N1CCOCC1.F.F.F.F.F.F.F. The lowest BCUT2D eigenvalue weighted by Gasteiger charge is -2.32. The van der Waals surface area contributed by atoms with Crippen molar-refractivity contribution < 1.29 is 137 Å². The molecule has 0 amide bonds.